The zero-order valence-electron chi connectivity index (χ0n) is 13.3. The van der Waals surface area contributed by atoms with Crippen LogP contribution in [0.15, 0.2) is 48.8 Å². The molecular weight excluding hydrogens is 333 g/mol. The Labute approximate surface area is 141 Å². The predicted molar refractivity (Wildman–Crippen MR) is 87.3 cm³/mol. The summed E-state index contributed by atoms with van der Waals surface area (Å²) in [6.45, 7) is 2.01. The maximum atomic E-state index is 12.2. The number of ether oxygens (including phenoxy) is 1. The van der Waals surface area contributed by atoms with Crippen LogP contribution in [0.5, 0.6) is 5.75 Å². The first kappa shape index (κ1) is 16.8. The molecule has 0 aliphatic heterocycles. The lowest BCUT2D eigenvalue weighted by Gasteiger charge is -2.09. The van der Waals surface area contributed by atoms with E-state index in [1.54, 1.807) is 6.07 Å². The van der Waals surface area contributed by atoms with Crippen molar-refractivity contribution in [1.29, 1.82) is 0 Å². The van der Waals surface area contributed by atoms with Crippen LogP contribution < -0.4 is 10.5 Å². The zero-order chi connectivity index (χ0) is 18.0. The molecule has 0 amide bonds. The summed E-state index contributed by atoms with van der Waals surface area (Å²) in [5.74, 6) is 0.216. The van der Waals surface area contributed by atoms with Crippen LogP contribution in [0.25, 0.3) is 17.1 Å². The molecule has 3 rings (SSSR count). The predicted octanol–water partition coefficient (Wildman–Crippen LogP) is 3.98. The van der Waals surface area contributed by atoms with Crippen molar-refractivity contribution in [2.75, 3.05) is 5.73 Å². The van der Waals surface area contributed by atoms with Crippen LogP contribution >= 0.6 is 0 Å². The number of halogens is 3. The van der Waals surface area contributed by atoms with Gasteiger partial charge in [0.15, 0.2) is 5.82 Å². The minimum atomic E-state index is -4.71. The van der Waals surface area contributed by atoms with Gasteiger partial charge in [-0.3, -0.25) is 0 Å². The van der Waals surface area contributed by atoms with Crippen molar-refractivity contribution >= 4 is 5.69 Å². The summed E-state index contributed by atoms with van der Waals surface area (Å²) in [4.78, 5) is 4.25. The van der Waals surface area contributed by atoms with Crippen LogP contribution in [0.3, 0.4) is 0 Å². The molecule has 0 aliphatic rings. The van der Waals surface area contributed by atoms with Gasteiger partial charge < -0.3 is 10.5 Å². The number of nitrogen functional groups attached to an aromatic ring is 1. The summed E-state index contributed by atoms with van der Waals surface area (Å²) in [7, 11) is 0. The fourth-order valence-electron chi connectivity index (χ4n) is 2.37. The summed E-state index contributed by atoms with van der Waals surface area (Å²) in [5.41, 5.74) is 9.00. The topological polar surface area (TPSA) is 66.0 Å². The number of hydrogen-bond donors (Lipinski definition) is 1. The lowest BCUT2D eigenvalue weighted by Crippen LogP contribution is -2.17. The molecule has 8 heteroatoms. The van der Waals surface area contributed by atoms with Gasteiger partial charge in [0, 0.05) is 11.3 Å². The van der Waals surface area contributed by atoms with Gasteiger partial charge in [-0.25, -0.2) is 9.67 Å². The number of nitrogens with two attached hydrogens (primary N) is 1. The highest BCUT2D eigenvalue weighted by Gasteiger charge is 2.30. The van der Waals surface area contributed by atoms with Crippen molar-refractivity contribution in [2.24, 2.45) is 0 Å². The number of rotatable bonds is 4. The fourth-order valence-corrected chi connectivity index (χ4v) is 2.37. The average molecular weight is 348 g/mol. The fraction of sp³-hybridized carbons (Fsp3) is 0.176. The Kier molecular flexibility index (Phi) is 4.35. The zero-order valence-corrected chi connectivity index (χ0v) is 13.3. The third-order valence-corrected chi connectivity index (χ3v) is 3.61. The Morgan fingerprint density at radius 2 is 1.84 bits per heavy atom. The third-order valence-electron chi connectivity index (χ3n) is 3.61. The van der Waals surface area contributed by atoms with Gasteiger partial charge >= 0.3 is 6.36 Å². The Morgan fingerprint density at radius 3 is 2.48 bits per heavy atom. The number of anilines is 1. The minimum absolute atomic E-state index is 0.289. The average Bonchev–Trinajstić information content (AvgIpc) is 3.04. The molecule has 0 atom stereocenters. The second-order valence-electron chi connectivity index (χ2n) is 5.32. The molecule has 3 aromatic rings. The Morgan fingerprint density at radius 1 is 1.12 bits per heavy atom. The van der Waals surface area contributed by atoms with E-state index in [9.17, 15) is 13.2 Å². The highest BCUT2D eigenvalue weighted by Crippen LogP contribution is 2.25. The molecule has 130 valence electrons. The largest absolute Gasteiger partial charge is 0.573 e. The quantitative estimate of drug-likeness (QED) is 0.725. The molecule has 1 heterocycles. The molecule has 0 aliphatic carbocycles. The summed E-state index contributed by atoms with van der Waals surface area (Å²) >= 11 is 0. The molecule has 0 bridgehead atoms. The number of nitrogens with zero attached hydrogens (tertiary/aromatic N) is 3. The number of benzene rings is 2. The molecule has 0 spiro atoms. The van der Waals surface area contributed by atoms with E-state index in [1.165, 1.54) is 35.3 Å². The van der Waals surface area contributed by atoms with Crippen LogP contribution in [-0.4, -0.2) is 21.1 Å². The van der Waals surface area contributed by atoms with Gasteiger partial charge in [0.2, 0.25) is 0 Å². The van der Waals surface area contributed by atoms with Gasteiger partial charge in [-0.05, 0) is 54.4 Å². The maximum absolute atomic E-state index is 12.2. The lowest BCUT2D eigenvalue weighted by molar-refractivity contribution is -0.274. The molecule has 25 heavy (non-hydrogen) atoms. The third kappa shape index (κ3) is 3.90. The maximum Gasteiger partial charge on any atom is 0.573 e. The summed E-state index contributed by atoms with van der Waals surface area (Å²) < 4.78 is 41.9. The SMILES string of the molecule is CCc1cc(-c2ncn(-c3ccc(OC(F)(F)F)cc3)n2)ccc1N. The molecule has 0 saturated heterocycles. The summed E-state index contributed by atoms with van der Waals surface area (Å²) in [5, 5.41) is 4.36. The first-order chi connectivity index (χ1) is 11.9. The molecule has 1 aromatic heterocycles. The number of aromatic nitrogens is 3. The van der Waals surface area contributed by atoms with E-state index in [1.807, 2.05) is 19.1 Å². The van der Waals surface area contributed by atoms with E-state index in [-0.39, 0.29) is 5.75 Å². The van der Waals surface area contributed by atoms with E-state index < -0.39 is 6.36 Å². The monoisotopic (exact) mass is 348 g/mol. The van der Waals surface area contributed by atoms with Crippen molar-refractivity contribution < 1.29 is 17.9 Å². The Bertz CT molecular complexity index is 872. The second-order valence-corrected chi connectivity index (χ2v) is 5.32. The van der Waals surface area contributed by atoms with E-state index in [4.69, 9.17) is 5.73 Å². The Hall–Kier alpha value is -3.03. The molecule has 0 fully saturated rings. The number of aryl methyl sites for hydroxylation is 1. The normalized spacial score (nSPS) is 11.5. The van der Waals surface area contributed by atoms with Crippen molar-refractivity contribution in [2.45, 2.75) is 19.7 Å². The van der Waals surface area contributed by atoms with E-state index in [0.717, 1.165) is 17.5 Å². The van der Waals surface area contributed by atoms with Crippen LogP contribution in [0, 0.1) is 0 Å². The van der Waals surface area contributed by atoms with Gasteiger partial charge in [-0.2, -0.15) is 0 Å². The van der Waals surface area contributed by atoms with Crippen molar-refractivity contribution in [1.82, 2.24) is 14.8 Å². The van der Waals surface area contributed by atoms with Gasteiger partial charge in [0.05, 0.1) is 5.69 Å². The molecular formula is C17H15F3N4O. The van der Waals surface area contributed by atoms with Crippen molar-refractivity contribution in [3.8, 4) is 22.8 Å². The van der Waals surface area contributed by atoms with Crippen molar-refractivity contribution in [3.63, 3.8) is 0 Å². The highest BCUT2D eigenvalue weighted by atomic mass is 19.4. The second kappa shape index (κ2) is 6.46. The molecule has 5 nitrogen and oxygen atoms in total. The first-order valence-corrected chi connectivity index (χ1v) is 7.52. The highest BCUT2D eigenvalue weighted by molar-refractivity contribution is 5.62. The Balaban J connectivity index is 1.84. The first-order valence-electron chi connectivity index (χ1n) is 7.52. The summed E-state index contributed by atoms with van der Waals surface area (Å²) in [6.07, 6.45) is -2.42. The van der Waals surface area contributed by atoms with Gasteiger partial charge in [0.1, 0.15) is 12.1 Å². The van der Waals surface area contributed by atoms with Crippen LogP contribution in [0.1, 0.15) is 12.5 Å². The smallest absolute Gasteiger partial charge is 0.406 e. The van der Waals surface area contributed by atoms with Gasteiger partial charge in [-0.1, -0.05) is 6.92 Å². The van der Waals surface area contributed by atoms with Gasteiger partial charge in [0.25, 0.3) is 0 Å². The number of alkyl halides is 3. The van der Waals surface area contributed by atoms with E-state index in [2.05, 4.69) is 14.8 Å². The molecule has 0 radical (unpaired) electrons. The summed E-state index contributed by atoms with van der Waals surface area (Å²) in [6, 6.07) is 11.0. The number of hydrogen-bond acceptors (Lipinski definition) is 4. The molecule has 0 saturated carbocycles. The molecule has 2 aromatic carbocycles. The van der Waals surface area contributed by atoms with Crippen molar-refractivity contribution in [3.05, 3.63) is 54.4 Å². The van der Waals surface area contributed by atoms with Crippen LogP contribution in [-0.2, 0) is 6.42 Å². The lowest BCUT2D eigenvalue weighted by atomic mass is 10.1. The van der Waals surface area contributed by atoms with Gasteiger partial charge in [-0.15, -0.1) is 18.3 Å². The molecule has 0 unspecified atom stereocenters. The standard InChI is InChI=1S/C17H15F3N4O/c1-2-11-9-12(3-8-15(11)21)16-22-10-24(23-16)13-4-6-14(7-5-13)25-17(18,19)20/h3-10H,2,21H2,1H3. The van der Waals surface area contributed by atoms with Crippen LogP contribution in [0.4, 0.5) is 18.9 Å². The van der Waals surface area contributed by atoms with E-state index in [0.29, 0.717) is 17.2 Å². The van der Waals surface area contributed by atoms with Crippen LogP contribution in [0.2, 0.25) is 0 Å². The van der Waals surface area contributed by atoms with E-state index >= 15 is 0 Å². The molecule has 2 N–H and O–H groups in total. The minimum Gasteiger partial charge on any atom is -0.406 e.